The highest BCUT2D eigenvalue weighted by molar-refractivity contribution is 6.07. The van der Waals surface area contributed by atoms with Gasteiger partial charge in [-0.1, -0.05) is 19.1 Å². The van der Waals surface area contributed by atoms with Crippen molar-refractivity contribution >= 4 is 28.9 Å². The molecule has 2 aromatic rings. The highest BCUT2D eigenvalue weighted by Crippen LogP contribution is 2.42. The van der Waals surface area contributed by atoms with Gasteiger partial charge in [0, 0.05) is 40.7 Å². The van der Waals surface area contributed by atoms with E-state index in [-0.39, 0.29) is 12.5 Å². The number of nitrogen functional groups attached to an aromatic ring is 1. The summed E-state index contributed by atoms with van der Waals surface area (Å²) in [5, 5.41) is 25.5. The number of benzene rings is 2. The summed E-state index contributed by atoms with van der Waals surface area (Å²) >= 11 is 0. The average Bonchev–Trinajstić information content (AvgIpc) is 2.94. The molecule has 0 fully saturated rings. The molecule has 0 radical (unpaired) electrons. The number of aliphatic hydroxyl groups is 2. The Morgan fingerprint density at radius 2 is 2.00 bits per heavy atom. The zero-order chi connectivity index (χ0) is 20.3. The Kier molecular flexibility index (Phi) is 5.48. The summed E-state index contributed by atoms with van der Waals surface area (Å²) < 4.78 is 0. The van der Waals surface area contributed by atoms with Crippen molar-refractivity contribution in [3.63, 3.8) is 0 Å². The third-order valence-electron chi connectivity index (χ3n) is 4.83. The number of fused-ring (bicyclic) bond motifs is 1. The van der Waals surface area contributed by atoms with Crippen LogP contribution in [-0.2, 0) is 10.4 Å². The van der Waals surface area contributed by atoms with Crippen LogP contribution < -0.4 is 16.4 Å². The number of hydrogen-bond donors (Lipinski definition) is 5. The Hall–Kier alpha value is -3.16. The number of nitrogens with one attached hydrogen (secondary N) is 2. The van der Waals surface area contributed by atoms with E-state index in [0.717, 1.165) is 0 Å². The number of amides is 2. The van der Waals surface area contributed by atoms with Crippen LogP contribution in [0.25, 0.3) is 0 Å². The van der Waals surface area contributed by atoms with Crippen molar-refractivity contribution in [2.24, 2.45) is 5.92 Å². The van der Waals surface area contributed by atoms with Gasteiger partial charge >= 0.3 is 0 Å². The van der Waals surface area contributed by atoms with Crippen molar-refractivity contribution in [2.45, 2.75) is 18.9 Å². The summed E-state index contributed by atoms with van der Waals surface area (Å²) in [6.07, 6.45) is 3.86. The minimum atomic E-state index is -1.76. The SMILES string of the molecule is C[C@@H](/C=C/CCO)[C@]1(O)C(=O)Nc2ccc(NC(=O)c3ccc(N)cc3)cc21. The van der Waals surface area contributed by atoms with E-state index >= 15 is 0 Å². The van der Waals surface area contributed by atoms with Crippen LogP contribution in [-0.4, -0.2) is 28.6 Å². The van der Waals surface area contributed by atoms with Gasteiger partial charge < -0.3 is 26.6 Å². The fourth-order valence-electron chi connectivity index (χ4n) is 3.19. The van der Waals surface area contributed by atoms with E-state index in [0.29, 0.717) is 34.6 Å². The van der Waals surface area contributed by atoms with Gasteiger partial charge in [-0.25, -0.2) is 0 Å². The molecule has 28 heavy (non-hydrogen) atoms. The minimum absolute atomic E-state index is 0.00819. The van der Waals surface area contributed by atoms with Gasteiger partial charge in [-0.3, -0.25) is 9.59 Å². The molecule has 1 heterocycles. The van der Waals surface area contributed by atoms with Crippen molar-refractivity contribution in [3.05, 3.63) is 65.7 Å². The van der Waals surface area contributed by atoms with Crippen molar-refractivity contribution in [1.82, 2.24) is 0 Å². The monoisotopic (exact) mass is 381 g/mol. The molecule has 0 aromatic heterocycles. The highest BCUT2D eigenvalue weighted by atomic mass is 16.3. The van der Waals surface area contributed by atoms with E-state index in [9.17, 15) is 14.7 Å². The molecular weight excluding hydrogens is 358 g/mol. The summed E-state index contributed by atoms with van der Waals surface area (Å²) in [7, 11) is 0. The number of carbonyl (C=O) groups excluding carboxylic acids is 2. The second-order valence-electron chi connectivity index (χ2n) is 6.79. The zero-order valence-corrected chi connectivity index (χ0v) is 15.5. The first-order valence-electron chi connectivity index (χ1n) is 8.99. The molecule has 0 spiro atoms. The van der Waals surface area contributed by atoms with Crippen LogP contribution in [0.4, 0.5) is 17.1 Å². The lowest BCUT2D eigenvalue weighted by atomic mass is 9.82. The van der Waals surface area contributed by atoms with Gasteiger partial charge in [-0.05, 0) is 48.9 Å². The van der Waals surface area contributed by atoms with Crippen molar-refractivity contribution in [3.8, 4) is 0 Å². The molecule has 7 nitrogen and oxygen atoms in total. The van der Waals surface area contributed by atoms with Gasteiger partial charge in [-0.15, -0.1) is 0 Å². The second-order valence-corrected chi connectivity index (χ2v) is 6.79. The van der Waals surface area contributed by atoms with Crippen LogP contribution in [0.1, 0.15) is 29.3 Å². The Labute approximate surface area is 162 Å². The molecule has 0 aliphatic carbocycles. The maximum Gasteiger partial charge on any atom is 0.261 e. The van der Waals surface area contributed by atoms with E-state index in [1.807, 2.05) is 0 Å². The topological polar surface area (TPSA) is 125 Å². The second kappa shape index (κ2) is 7.84. The van der Waals surface area contributed by atoms with Crippen LogP contribution in [0.3, 0.4) is 0 Å². The molecule has 1 aliphatic rings. The molecule has 2 amide bonds. The number of nitrogens with two attached hydrogens (primary N) is 1. The molecule has 146 valence electrons. The molecule has 0 saturated heterocycles. The Bertz CT molecular complexity index is 924. The van der Waals surface area contributed by atoms with Gasteiger partial charge in [0.05, 0.1) is 0 Å². The van der Waals surface area contributed by atoms with E-state index in [4.69, 9.17) is 10.8 Å². The van der Waals surface area contributed by atoms with Gasteiger partial charge in [-0.2, -0.15) is 0 Å². The Balaban J connectivity index is 1.87. The number of rotatable bonds is 6. The molecule has 0 saturated carbocycles. The molecule has 2 aromatic carbocycles. The third kappa shape index (κ3) is 3.62. The highest BCUT2D eigenvalue weighted by Gasteiger charge is 2.48. The van der Waals surface area contributed by atoms with E-state index < -0.39 is 17.4 Å². The van der Waals surface area contributed by atoms with E-state index in [1.165, 1.54) is 0 Å². The van der Waals surface area contributed by atoms with Crippen LogP contribution >= 0.6 is 0 Å². The van der Waals surface area contributed by atoms with Gasteiger partial charge in [0.15, 0.2) is 5.60 Å². The molecule has 0 unspecified atom stereocenters. The lowest BCUT2D eigenvalue weighted by Crippen LogP contribution is -2.39. The number of hydrogen-bond acceptors (Lipinski definition) is 5. The Morgan fingerprint density at radius 1 is 1.29 bits per heavy atom. The summed E-state index contributed by atoms with van der Waals surface area (Å²) in [5.41, 5.74) is 6.24. The average molecular weight is 381 g/mol. The maximum absolute atomic E-state index is 12.5. The third-order valence-corrected chi connectivity index (χ3v) is 4.83. The van der Waals surface area contributed by atoms with Crippen LogP contribution in [0.15, 0.2) is 54.6 Å². The molecular formula is C21H23N3O4. The lowest BCUT2D eigenvalue weighted by Gasteiger charge is -2.26. The summed E-state index contributed by atoms with van der Waals surface area (Å²) in [6.45, 7) is 1.72. The molecule has 3 rings (SSSR count). The first-order chi connectivity index (χ1) is 13.4. The van der Waals surface area contributed by atoms with Gasteiger partial charge in [0.2, 0.25) is 0 Å². The maximum atomic E-state index is 12.5. The zero-order valence-electron chi connectivity index (χ0n) is 15.5. The molecule has 2 atom stereocenters. The predicted molar refractivity (Wildman–Crippen MR) is 108 cm³/mol. The van der Waals surface area contributed by atoms with E-state index in [1.54, 1.807) is 61.5 Å². The quantitative estimate of drug-likeness (QED) is 0.388. The number of aliphatic hydroxyl groups excluding tert-OH is 1. The van der Waals surface area contributed by atoms with Crippen molar-refractivity contribution in [1.29, 1.82) is 0 Å². The summed E-state index contributed by atoms with van der Waals surface area (Å²) in [6, 6.07) is 11.4. The number of carbonyl (C=O) groups is 2. The standard InChI is InChI=1S/C21H23N3O4/c1-13(4-2-3-11-25)21(28)17-12-16(9-10-18(17)24-20(21)27)23-19(26)14-5-7-15(22)8-6-14/h2,4-10,12-13,25,28H,3,11,22H2,1H3,(H,23,26)(H,24,27)/b4-2+/t13-,21+/m0/s1. The van der Waals surface area contributed by atoms with Crippen molar-refractivity contribution in [2.75, 3.05) is 23.0 Å². The smallest absolute Gasteiger partial charge is 0.261 e. The first kappa shape index (κ1) is 19.6. The fourth-order valence-corrected chi connectivity index (χ4v) is 3.19. The van der Waals surface area contributed by atoms with Crippen LogP contribution in [0.2, 0.25) is 0 Å². The van der Waals surface area contributed by atoms with Gasteiger partial charge in [0.25, 0.3) is 11.8 Å². The van der Waals surface area contributed by atoms with Crippen LogP contribution in [0.5, 0.6) is 0 Å². The normalized spacial score (nSPS) is 19.3. The predicted octanol–water partition coefficient (Wildman–Crippen LogP) is 2.24. The minimum Gasteiger partial charge on any atom is -0.399 e. The van der Waals surface area contributed by atoms with E-state index in [2.05, 4.69) is 10.6 Å². The molecule has 6 N–H and O–H groups in total. The van der Waals surface area contributed by atoms with Gasteiger partial charge in [0.1, 0.15) is 0 Å². The van der Waals surface area contributed by atoms with Crippen LogP contribution in [0, 0.1) is 5.92 Å². The molecule has 7 heteroatoms. The van der Waals surface area contributed by atoms with Crippen molar-refractivity contribution < 1.29 is 19.8 Å². The lowest BCUT2D eigenvalue weighted by molar-refractivity contribution is -0.137. The largest absolute Gasteiger partial charge is 0.399 e. The first-order valence-corrected chi connectivity index (χ1v) is 8.99. The fraction of sp³-hybridized carbons (Fsp3) is 0.238. The summed E-state index contributed by atoms with van der Waals surface area (Å²) in [4.78, 5) is 24.9. The molecule has 0 bridgehead atoms. The Morgan fingerprint density at radius 3 is 2.68 bits per heavy atom. The molecule has 1 aliphatic heterocycles. The number of anilines is 3. The summed E-state index contributed by atoms with van der Waals surface area (Å²) in [5.74, 6) is -1.37.